The number of nitro groups is 1. The number of rotatable bonds is 23. The van der Waals surface area contributed by atoms with Crippen molar-refractivity contribution in [2.24, 2.45) is 22.9 Å². The third-order valence-corrected chi connectivity index (χ3v) is 15.6. The number of non-ortho nitro benzene ring substituents is 1. The number of hydrogen-bond donors (Lipinski definition) is 3. The molecule has 0 radical (unpaired) electrons. The number of aliphatic hydroxyl groups excluding tert-OH is 2. The average molecular weight is 988 g/mol. The number of sulfonamides is 1. The molecule has 1 aromatic heterocycles. The number of carbonyl (C=O) groups is 1. The molecule has 1 fully saturated rings. The zero-order valence-corrected chi connectivity index (χ0v) is 40.6. The van der Waals surface area contributed by atoms with Gasteiger partial charge in [-0.1, -0.05) is 85.6 Å². The second kappa shape index (κ2) is 23.2. The second-order valence-electron chi connectivity index (χ2n) is 18.1. The maximum atomic E-state index is 15.7. The van der Waals surface area contributed by atoms with Gasteiger partial charge in [-0.25, -0.2) is 13.2 Å². The lowest BCUT2D eigenvalue weighted by Crippen LogP contribution is -2.70. The number of aromatic nitrogens is 1. The van der Waals surface area contributed by atoms with Crippen molar-refractivity contribution in [1.29, 1.82) is 0 Å². The van der Waals surface area contributed by atoms with Crippen molar-refractivity contribution in [2.45, 2.75) is 94.1 Å². The van der Waals surface area contributed by atoms with Crippen LogP contribution in [0, 0.1) is 27.9 Å². The van der Waals surface area contributed by atoms with Crippen molar-refractivity contribution >= 4 is 38.4 Å². The summed E-state index contributed by atoms with van der Waals surface area (Å²) in [7, 11) is -4.41. The van der Waals surface area contributed by atoms with Crippen molar-refractivity contribution in [3.63, 3.8) is 0 Å². The largest absolute Gasteiger partial charge is 0.460 e. The zero-order chi connectivity index (χ0) is 50.0. The van der Waals surface area contributed by atoms with Gasteiger partial charge in [0.05, 0.1) is 34.7 Å². The fourth-order valence-electron chi connectivity index (χ4n) is 10.6. The molecule has 3 aliphatic rings. The smallest absolute Gasteiger partial charge is 0.412 e. The Bertz CT molecular complexity index is 2840. The predicted octanol–water partition coefficient (Wildman–Crippen LogP) is 9.37. The van der Waals surface area contributed by atoms with Crippen molar-refractivity contribution in [3.8, 4) is 11.5 Å². The molecule has 2 heterocycles. The van der Waals surface area contributed by atoms with Crippen molar-refractivity contribution in [2.75, 3.05) is 26.4 Å². The van der Waals surface area contributed by atoms with Gasteiger partial charge in [0, 0.05) is 67.9 Å². The molecule has 1 amide bonds. The van der Waals surface area contributed by atoms with Gasteiger partial charge in [0.15, 0.2) is 0 Å². The lowest BCUT2D eigenvalue weighted by molar-refractivity contribution is -0.384. The van der Waals surface area contributed by atoms with Crippen molar-refractivity contribution in [1.82, 2.24) is 14.6 Å². The molecule has 71 heavy (non-hydrogen) atoms. The first-order chi connectivity index (χ1) is 34.5. The summed E-state index contributed by atoms with van der Waals surface area (Å²) in [6, 6.07) is 28.3. The fraction of sp³-hybridized carbons (Fsp3) is 0.389. The Morgan fingerprint density at radius 1 is 0.986 bits per heavy atom. The number of carbonyl (C=O) groups excluding carboxylic acids is 1. The number of fused-ring (bicyclic) bond motifs is 3. The molecule has 374 valence electrons. The van der Waals surface area contributed by atoms with Gasteiger partial charge in [-0.15, -0.1) is 6.58 Å². The van der Waals surface area contributed by atoms with Gasteiger partial charge in [-0.05, 0) is 103 Å². The average Bonchev–Trinajstić information content (AvgIpc) is 3.38. The Kier molecular flexibility index (Phi) is 16.6. The maximum absolute atomic E-state index is 15.7. The SMILES string of the molecule is C=CCO[C@@]12Oc3ccc(OC(=O)NCc4ccccc4)cc3[C@H]3[C@H](CCCCO)[C@@H](CCCCO)C=C(C(=NOCc4ccc([N+](=O)[O-])cc4)C[C@@H]1N(CCC)S(=O)(=O)c1cccc4cccnc14)[C@H]32. The summed E-state index contributed by atoms with van der Waals surface area (Å²) in [5.74, 6) is -2.48. The molecule has 1 saturated carbocycles. The second-order valence-corrected chi connectivity index (χ2v) is 20.0. The number of para-hydroxylation sites is 1. The topological polar surface area (TPSA) is 212 Å². The molecular weight excluding hydrogens is 927 g/mol. The van der Waals surface area contributed by atoms with Gasteiger partial charge >= 0.3 is 6.09 Å². The zero-order valence-electron chi connectivity index (χ0n) is 39.8. The Labute approximate surface area is 414 Å². The quantitative estimate of drug-likeness (QED) is 0.0242. The van der Waals surface area contributed by atoms with E-state index in [0.717, 1.165) is 16.7 Å². The number of benzene rings is 4. The minimum Gasteiger partial charge on any atom is -0.460 e. The lowest BCUT2D eigenvalue weighted by Gasteiger charge is -2.59. The van der Waals surface area contributed by atoms with E-state index >= 15 is 8.42 Å². The third kappa shape index (κ3) is 11.0. The number of oxime groups is 1. The molecule has 4 aromatic carbocycles. The van der Waals surface area contributed by atoms with E-state index in [-0.39, 0.29) is 74.1 Å². The van der Waals surface area contributed by atoms with Gasteiger partial charge in [0.25, 0.3) is 5.69 Å². The molecule has 5 aromatic rings. The number of allylic oxidation sites excluding steroid dienone is 1. The molecule has 0 unspecified atom stereocenters. The summed E-state index contributed by atoms with van der Waals surface area (Å²) in [5, 5.41) is 39.8. The maximum Gasteiger partial charge on any atom is 0.412 e. The normalized spacial score (nSPS) is 21.9. The number of ether oxygens (including phenoxy) is 3. The van der Waals surface area contributed by atoms with Crippen LogP contribution in [0.1, 0.15) is 80.9 Å². The van der Waals surface area contributed by atoms with Crippen LogP contribution in [0.25, 0.3) is 10.9 Å². The molecule has 1 aliphatic heterocycles. The van der Waals surface area contributed by atoms with Crippen LogP contribution < -0.4 is 14.8 Å². The number of pyridine rings is 1. The summed E-state index contributed by atoms with van der Waals surface area (Å²) in [5.41, 5.74) is 3.71. The van der Waals surface area contributed by atoms with Gasteiger partial charge in [0.1, 0.15) is 23.0 Å². The number of unbranched alkanes of at least 4 members (excludes halogenated alkanes) is 2. The minimum atomic E-state index is -4.41. The van der Waals surface area contributed by atoms with Crippen molar-refractivity contribution < 1.29 is 47.4 Å². The van der Waals surface area contributed by atoms with Crippen LogP contribution in [0.4, 0.5) is 10.5 Å². The van der Waals surface area contributed by atoms with Crippen LogP contribution in [0.3, 0.4) is 0 Å². The van der Waals surface area contributed by atoms with Crippen LogP contribution in [0.15, 0.2) is 144 Å². The molecule has 0 bridgehead atoms. The number of amides is 1. The van der Waals surface area contributed by atoms with E-state index in [9.17, 15) is 25.1 Å². The summed E-state index contributed by atoms with van der Waals surface area (Å²) in [6.07, 6.45) is 8.97. The molecule has 6 atom stereocenters. The molecule has 3 N–H and O–H groups in total. The highest BCUT2D eigenvalue weighted by atomic mass is 32.2. The van der Waals surface area contributed by atoms with Gasteiger partial charge in [0.2, 0.25) is 15.8 Å². The van der Waals surface area contributed by atoms with Gasteiger partial charge < -0.3 is 34.6 Å². The predicted molar refractivity (Wildman–Crippen MR) is 268 cm³/mol. The molecular formula is C54H61N5O11S. The third-order valence-electron chi connectivity index (χ3n) is 13.7. The number of nitrogens with zero attached hydrogens (tertiary/aromatic N) is 4. The molecule has 17 heteroatoms. The summed E-state index contributed by atoms with van der Waals surface area (Å²) in [4.78, 5) is 35.1. The Morgan fingerprint density at radius 2 is 1.75 bits per heavy atom. The number of nitrogens with one attached hydrogen (secondary N) is 1. The summed E-state index contributed by atoms with van der Waals surface area (Å²) < 4.78 is 53.1. The molecule has 0 spiro atoms. The van der Waals surface area contributed by atoms with Gasteiger partial charge in [-0.2, -0.15) is 4.31 Å². The minimum absolute atomic E-state index is 0.00289. The van der Waals surface area contributed by atoms with E-state index < -0.39 is 44.7 Å². The summed E-state index contributed by atoms with van der Waals surface area (Å²) >= 11 is 0. The molecule has 8 rings (SSSR count). The van der Waals surface area contributed by atoms with E-state index in [1.807, 2.05) is 55.5 Å². The van der Waals surface area contributed by atoms with E-state index in [1.54, 1.807) is 54.7 Å². The van der Waals surface area contributed by atoms with Gasteiger partial charge in [-0.3, -0.25) is 15.1 Å². The Balaban J connectivity index is 1.32. The molecule has 16 nitrogen and oxygen atoms in total. The van der Waals surface area contributed by atoms with Crippen LogP contribution in [-0.4, -0.2) is 82.8 Å². The highest BCUT2D eigenvalue weighted by Crippen LogP contribution is 2.62. The monoisotopic (exact) mass is 987 g/mol. The highest BCUT2D eigenvalue weighted by Gasteiger charge is 2.66. The van der Waals surface area contributed by atoms with Crippen molar-refractivity contribution in [3.05, 3.63) is 160 Å². The molecule has 0 saturated heterocycles. The van der Waals surface area contributed by atoms with E-state index in [2.05, 4.69) is 23.0 Å². The number of aliphatic hydroxyl groups is 2. The Morgan fingerprint density at radius 3 is 2.48 bits per heavy atom. The van der Waals surface area contributed by atoms with Crippen LogP contribution in [-0.2, 0) is 32.7 Å². The number of hydrogen-bond acceptors (Lipinski definition) is 13. The van der Waals surface area contributed by atoms with Crippen LogP contribution in [0.2, 0.25) is 0 Å². The highest BCUT2D eigenvalue weighted by molar-refractivity contribution is 7.89. The van der Waals surface area contributed by atoms with E-state index in [0.29, 0.717) is 72.9 Å². The number of nitro benzene ring substituents is 1. The lowest BCUT2D eigenvalue weighted by atomic mass is 9.55. The molecule has 2 aliphatic carbocycles. The van der Waals surface area contributed by atoms with Crippen LogP contribution in [0.5, 0.6) is 11.5 Å². The van der Waals surface area contributed by atoms with Crippen LogP contribution >= 0.6 is 0 Å². The van der Waals surface area contributed by atoms with E-state index in [1.165, 1.54) is 16.4 Å². The Hall–Kier alpha value is -6.50. The van der Waals surface area contributed by atoms with E-state index in [4.69, 9.17) is 24.2 Å². The fourth-order valence-corrected chi connectivity index (χ4v) is 12.5. The summed E-state index contributed by atoms with van der Waals surface area (Å²) in [6.45, 7) is 6.19. The standard InChI is InChI=1S/C54H61N5O11S/c1-3-28-58(71(65,66)48-20-12-17-39-18-13-27-55-52(39)48)49-34-46(57-68-36-38-21-23-41(24-22-38)59(63)64)44-32-40(16-8-10-29-60)43(19-9-11-30-61)50-45-33-42(69-53(62)56-35-37-14-6-5-7-15-37)25-26-47(45)70-54(49,51(44)50)67-31-4-2/h4-7,12-15,17-18,20-27,32-33,40,43,49-51,60-61H,2-3,8-11,16,19,28-31,34-36H2,1H3,(H,56,62)/t40-,43+,49-,50+,51+,54+/m0/s1. The first kappa shape index (κ1) is 50.9. The first-order valence-electron chi connectivity index (χ1n) is 24.3. The first-order valence-corrected chi connectivity index (χ1v) is 25.8.